The van der Waals surface area contributed by atoms with Gasteiger partial charge in [-0.15, -0.1) is 11.3 Å². The number of benzene rings is 2. The van der Waals surface area contributed by atoms with Gasteiger partial charge in [0, 0.05) is 21.5 Å². The maximum absolute atomic E-state index is 11.1. The van der Waals surface area contributed by atoms with Gasteiger partial charge in [-0.2, -0.15) is 0 Å². The summed E-state index contributed by atoms with van der Waals surface area (Å²) >= 11 is 4.83. The molecule has 0 aliphatic rings. The van der Waals surface area contributed by atoms with Crippen LogP contribution in [0.5, 0.6) is 0 Å². The van der Waals surface area contributed by atoms with Crippen LogP contribution in [0.1, 0.15) is 0 Å². The number of halogens is 1. The smallest absolute Gasteiger partial charge is 0.258 e. The lowest BCUT2D eigenvalue weighted by molar-refractivity contribution is -0.384. The molecule has 4 nitrogen and oxygen atoms in total. The van der Waals surface area contributed by atoms with Gasteiger partial charge in [-0.1, -0.05) is 40.2 Å². The summed E-state index contributed by atoms with van der Waals surface area (Å²) in [5.41, 5.74) is 2.42. The van der Waals surface area contributed by atoms with E-state index in [9.17, 15) is 10.1 Å². The first kappa shape index (κ1) is 13.9. The van der Waals surface area contributed by atoms with Crippen LogP contribution in [0, 0.1) is 10.1 Å². The second-order valence-electron chi connectivity index (χ2n) is 4.32. The molecule has 2 aromatic carbocycles. The van der Waals surface area contributed by atoms with Crippen molar-refractivity contribution in [2.75, 3.05) is 0 Å². The lowest BCUT2D eigenvalue weighted by Crippen LogP contribution is -1.91. The van der Waals surface area contributed by atoms with Crippen molar-refractivity contribution in [1.82, 2.24) is 4.98 Å². The van der Waals surface area contributed by atoms with Crippen LogP contribution in [0.25, 0.3) is 21.8 Å². The summed E-state index contributed by atoms with van der Waals surface area (Å²) < 4.78 is 0.972. The molecule has 3 aromatic rings. The fourth-order valence-electron chi connectivity index (χ4n) is 1.99. The minimum Gasteiger partial charge on any atom is -0.258 e. The minimum atomic E-state index is -0.379. The number of thiazole rings is 1. The van der Waals surface area contributed by atoms with Gasteiger partial charge in [-0.05, 0) is 18.2 Å². The third-order valence-corrected chi connectivity index (χ3v) is 4.32. The Labute approximate surface area is 133 Å². The standard InChI is InChI=1S/C15H9BrN2O2S/c16-11-5-3-4-10(8-11)13-9-21-15(17-13)12-6-1-2-7-14(12)18(19)20/h1-9H. The molecule has 0 atom stereocenters. The van der Waals surface area contributed by atoms with Gasteiger partial charge in [0.15, 0.2) is 0 Å². The van der Waals surface area contributed by atoms with E-state index in [0.717, 1.165) is 15.7 Å². The van der Waals surface area contributed by atoms with Crippen LogP contribution in [-0.2, 0) is 0 Å². The van der Waals surface area contributed by atoms with Crippen molar-refractivity contribution in [3.05, 3.63) is 68.5 Å². The van der Waals surface area contributed by atoms with Gasteiger partial charge < -0.3 is 0 Å². The summed E-state index contributed by atoms with van der Waals surface area (Å²) in [5.74, 6) is 0. The molecule has 0 radical (unpaired) electrons. The Bertz CT molecular complexity index is 817. The van der Waals surface area contributed by atoms with E-state index < -0.39 is 0 Å². The Morgan fingerprint density at radius 2 is 1.95 bits per heavy atom. The van der Waals surface area contributed by atoms with E-state index in [4.69, 9.17) is 0 Å². The molecule has 0 spiro atoms. The maximum Gasteiger partial charge on any atom is 0.279 e. The molecule has 3 rings (SSSR count). The Hall–Kier alpha value is -2.05. The first-order valence-corrected chi connectivity index (χ1v) is 7.77. The van der Waals surface area contributed by atoms with Crippen LogP contribution < -0.4 is 0 Å². The number of rotatable bonds is 3. The summed E-state index contributed by atoms with van der Waals surface area (Å²) in [6.07, 6.45) is 0. The molecule has 0 aliphatic carbocycles. The number of aromatic nitrogens is 1. The van der Waals surface area contributed by atoms with Crippen LogP contribution in [0.3, 0.4) is 0 Å². The highest BCUT2D eigenvalue weighted by Crippen LogP contribution is 2.34. The fourth-order valence-corrected chi connectivity index (χ4v) is 3.25. The Kier molecular flexibility index (Phi) is 3.81. The molecule has 0 saturated carbocycles. The van der Waals surface area contributed by atoms with Crippen molar-refractivity contribution >= 4 is 33.0 Å². The number of para-hydroxylation sites is 1. The second kappa shape index (κ2) is 5.75. The summed E-state index contributed by atoms with van der Waals surface area (Å²) in [6, 6.07) is 14.5. The van der Waals surface area contributed by atoms with Gasteiger partial charge in [0.25, 0.3) is 5.69 Å². The zero-order valence-corrected chi connectivity index (χ0v) is 13.1. The van der Waals surface area contributed by atoms with Crippen LogP contribution in [0.4, 0.5) is 5.69 Å². The van der Waals surface area contributed by atoms with Gasteiger partial charge in [-0.3, -0.25) is 10.1 Å². The van der Waals surface area contributed by atoms with Crippen molar-refractivity contribution in [3.8, 4) is 21.8 Å². The number of nitro benzene ring substituents is 1. The molecule has 6 heteroatoms. The van der Waals surface area contributed by atoms with Gasteiger partial charge in [0.2, 0.25) is 0 Å². The lowest BCUT2D eigenvalue weighted by Gasteiger charge is -1.99. The van der Waals surface area contributed by atoms with Gasteiger partial charge in [0.05, 0.1) is 16.2 Å². The van der Waals surface area contributed by atoms with Gasteiger partial charge >= 0.3 is 0 Å². The van der Waals surface area contributed by atoms with E-state index in [1.807, 2.05) is 29.6 Å². The molecular weight excluding hydrogens is 352 g/mol. The highest BCUT2D eigenvalue weighted by molar-refractivity contribution is 9.10. The van der Waals surface area contributed by atoms with Crippen LogP contribution >= 0.6 is 27.3 Å². The monoisotopic (exact) mass is 360 g/mol. The molecule has 1 heterocycles. The average molecular weight is 361 g/mol. The predicted molar refractivity (Wildman–Crippen MR) is 87.3 cm³/mol. The Morgan fingerprint density at radius 1 is 1.14 bits per heavy atom. The zero-order chi connectivity index (χ0) is 14.8. The lowest BCUT2D eigenvalue weighted by atomic mass is 10.1. The number of nitrogens with zero attached hydrogens (tertiary/aromatic N) is 2. The Balaban J connectivity index is 2.05. The van der Waals surface area contributed by atoms with Crippen LogP contribution in [0.2, 0.25) is 0 Å². The molecule has 0 fully saturated rings. The van der Waals surface area contributed by atoms with E-state index in [1.54, 1.807) is 18.2 Å². The van der Waals surface area contributed by atoms with Crippen LogP contribution in [-0.4, -0.2) is 9.91 Å². The summed E-state index contributed by atoms with van der Waals surface area (Å²) in [4.78, 5) is 15.2. The maximum atomic E-state index is 11.1. The van der Waals surface area contributed by atoms with E-state index in [2.05, 4.69) is 20.9 Å². The van der Waals surface area contributed by atoms with E-state index >= 15 is 0 Å². The van der Waals surface area contributed by atoms with Crippen molar-refractivity contribution < 1.29 is 4.92 Å². The predicted octanol–water partition coefficient (Wildman–Crippen LogP) is 5.15. The fraction of sp³-hybridized carbons (Fsp3) is 0. The van der Waals surface area contributed by atoms with E-state index in [-0.39, 0.29) is 10.6 Å². The molecule has 0 saturated heterocycles. The normalized spacial score (nSPS) is 10.5. The molecule has 104 valence electrons. The summed E-state index contributed by atoms with van der Waals surface area (Å²) in [6.45, 7) is 0. The second-order valence-corrected chi connectivity index (χ2v) is 6.10. The molecule has 0 N–H and O–H groups in total. The topological polar surface area (TPSA) is 56.0 Å². The first-order chi connectivity index (χ1) is 10.1. The molecular formula is C15H9BrN2O2S. The number of hydrogen-bond donors (Lipinski definition) is 0. The third kappa shape index (κ3) is 2.86. The van der Waals surface area contributed by atoms with Crippen molar-refractivity contribution in [3.63, 3.8) is 0 Å². The molecule has 0 amide bonds. The molecule has 1 aromatic heterocycles. The highest BCUT2D eigenvalue weighted by Gasteiger charge is 2.17. The summed E-state index contributed by atoms with van der Waals surface area (Å²) in [7, 11) is 0. The number of hydrogen-bond acceptors (Lipinski definition) is 4. The van der Waals surface area contributed by atoms with Crippen LogP contribution in [0.15, 0.2) is 58.4 Å². The largest absolute Gasteiger partial charge is 0.279 e. The number of nitro groups is 1. The van der Waals surface area contributed by atoms with E-state index in [0.29, 0.717) is 10.6 Å². The summed E-state index contributed by atoms with van der Waals surface area (Å²) in [5, 5.41) is 13.7. The SMILES string of the molecule is O=[N+]([O-])c1ccccc1-c1nc(-c2cccc(Br)c2)cs1. The minimum absolute atomic E-state index is 0.0765. The van der Waals surface area contributed by atoms with Gasteiger partial charge in [-0.25, -0.2) is 4.98 Å². The third-order valence-electron chi connectivity index (χ3n) is 2.96. The van der Waals surface area contributed by atoms with Crippen molar-refractivity contribution in [2.45, 2.75) is 0 Å². The molecule has 0 aliphatic heterocycles. The average Bonchev–Trinajstić information content (AvgIpc) is 2.97. The first-order valence-electron chi connectivity index (χ1n) is 6.10. The zero-order valence-electron chi connectivity index (χ0n) is 10.7. The van der Waals surface area contributed by atoms with Gasteiger partial charge in [0.1, 0.15) is 5.01 Å². The molecule has 0 bridgehead atoms. The van der Waals surface area contributed by atoms with Crippen molar-refractivity contribution in [1.29, 1.82) is 0 Å². The highest BCUT2D eigenvalue weighted by atomic mass is 79.9. The Morgan fingerprint density at radius 3 is 2.71 bits per heavy atom. The van der Waals surface area contributed by atoms with Crippen molar-refractivity contribution in [2.24, 2.45) is 0 Å². The van der Waals surface area contributed by atoms with E-state index in [1.165, 1.54) is 17.4 Å². The molecule has 21 heavy (non-hydrogen) atoms. The molecule has 0 unspecified atom stereocenters. The quantitative estimate of drug-likeness (QED) is 0.479.